The number of amides is 1. The topological polar surface area (TPSA) is 23.6 Å². The van der Waals surface area contributed by atoms with E-state index in [9.17, 15) is 9.18 Å². The molecule has 1 fully saturated rings. The maximum atomic E-state index is 13.0. The van der Waals surface area contributed by atoms with E-state index in [1.165, 1.54) is 31.0 Å². The number of likely N-dealkylation sites (N-methyl/N-ethyl adjacent to an activating group) is 1. The Morgan fingerprint density at radius 1 is 1.42 bits per heavy atom. The Kier molecular flexibility index (Phi) is 4.93. The highest BCUT2D eigenvalue weighted by atomic mass is 79.9. The lowest BCUT2D eigenvalue weighted by Crippen LogP contribution is -2.35. The number of benzene rings is 1. The molecule has 1 amide bonds. The van der Waals surface area contributed by atoms with Crippen LogP contribution in [0.25, 0.3) is 0 Å². The van der Waals surface area contributed by atoms with E-state index in [2.05, 4.69) is 20.8 Å². The first-order chi connectivity index (χ1) is 9.08. The van der Waals surface area contributed by atoms with Crippen LogP contribution < -0.4 is 0 Å². The van der Waals surface area contributed by atoms with Gasteiger partial charge in [-0.25, -0.2) is 4.39 Å². The van der Waals surface area contributed by atoms with Gasteiger partial charge in [0.05, 0.1) is 5.56 Å². The van der Waals surface area contributed by atoms with Crippen molar-refractivity contribution < 1.29 is 9.18 Å². The van der Waals surface area contributed by atoms with Gasteiger partial charge >= 0.3 is 0 Å². The number of hydrogen-bond donors (Lipinski definition) is 0. The van der Waals surface area contributed by atoms with Gasteiger partial charge in [-0.05, 0) is 60.1 Å². The Bertz CT molecular complexity index is 461. The van der Waals surface area contributed by atoms with Crippen molar-refractivity contribution in [1.29, 1.82) is 0 Å². The third-order valence-corrected chi connectivity index (χ3v) is 4.11. The summed E-state index contributed by atoms with van der Waals surface area (Å²) >= 11 is 3.24. The molecule has 0 saturated carbocycles. The van der Waals surface area contributed by atoms with Gasteiger partial charge in [0.2, 0.25) is 0 Å². The van der Waals surface area contributed by atoms with Gasteiger partial charge in [0.25, 0.3) is 5.91 Å². The van der Waals surface area contributed by atoms with Crippen molar-refractivity contribution in [3.63, 3.8) is 0 Å². The average molecular weight is 329 g/mol. The zero-order chi connectivity index (χ0) is 13.8. The van der Waals surface area contributed by atoms with Crippen molar-refractivity contribution in [2.75, 3.05) is 33.2 Å². The maximum absolute atomic E-state index is 13.0. The van der Waals surface area contributed by atoms with Crippen molar-refractivity contribution in [3.8, 4) is 0 Å². The molecule has 0 radical (unpaired) electrons. The molecule has 1 saturated heterocycles. The van der Waals surface area contributed by atoms with Crippen LogP contribution in [0.15, 0.2) is 22.7 Å². The molecule has 0 unspecified atom stereocenters. The summed E-state index contributed by atoms with van der Waals surface area (Å²) in [7, 11) is 1.79. The second kappa shape index (κ2) is 6.48. The van der Waals surface area contributed by atoms with Crippen molar-refractivity contribution in [2.45, 2.75) is 12.8 Å². The lowest BCUT2D eigenvalue weighted by atomic mass is 10.2. The van der Waals surface area contributed by atoms with Crippen LogP contribution in [-0.4, -0.2) is 48.9 Å². The second-order valence-electron chi connectivity index (χ2n) is 4.90. The molecule has 1 aromatic rings. The van der Waals surface area contributed by atoms with E-state index in [0.717, 1.165) is 19.6 Å². The van der Waals surface area contributed by atoms with Crippen molar-refractivity contribution in [2.24, 2.45) is 0 Å². The van der Waals surface area contributed by atoms with Crippen LogP contribution in [0.1, 0.15) is 23.2 Å². The van der Waals surface area contributed by atoms with Gasteiger partial charge in [0.15, 0.2) is 0 Å². The Balaban J connectivity index is 1.94. The van der Waals surface area contributed by atoms with E-state index in [1.54, 1.807) is 11.9 Å². The summed E-state index contributed by atoms with van der Waals surface area (Å²) in [6, 6.07) is 4.15. The van der Waals surface area contributed by atoms with E-state index < -0.39 is 0 Å². The predicted molar refractivity (Wildman–Crippen MR) is 76.7 cm³/mol. The molecule has 0 N–H and O–H groups in total. The molecular formula is C14H18BrFN2O. The minimum atomic E-state index is -0.344. The van der Waals surface area contributed by atoms with Crippen LogP contribution in [0.4, 0.5) is 4.39 Å². The molecule has 0 atom stereocenters. The summed E-state index contributed by atoms with van der Waals surface area (Å²) in [5.41, 5.74) is 0.505. The van der Waals surface area contributed by atoms with Crippen LogP contribution >= 0.6 is 15.9 Å². The molecule has 1 aromatic carbocycles. The predicted octanol–water partition coefficient (Wildman–Crippen LogP) is 2.76. The quantitative estimate of drug-likeness (QED) is 0.848. The summed E-state index contributed by atoms with van der Waals surface area (Å²) in [5.74, 6) is -0.422. The lowest BCUT2D eigenvalue weighted by Gasteiger charge is -2.22. The molecule has 0 spiro atoms. The molecule has 5 heteroatoms. The van der Waals surface area contributed by atoms with Crippen LogP contribution in [0.2, 0.25) is 0 Å². The van der Waals surface area contributed by atoms with Crippen molar-refractivity contribution >= 4 is 21.8 Å². The highest BCUT2D eigenvalue weighted by molar-refractivity contribution is 9.10. The lowest BCUT2D eigenvalue weighted by molar-refractivity contribution is 0.0781. The van der Waals surface area contributed by atoms with Gasteiger partial charge in [-0.1, -0.05) is 0 Å². The maximum Gasteiger partial charge on any atom is 0.254 e. The van der Waals surface area contributed by atoms with E-state index in [-0.39, 0.29) is 11.7 Å². The zero-order valence-corrected chi connectivity index (χ0v) is 12.6. The Hall–Kier alpha value is -0.940. The number of rotatable bonds is 4. The second-order valence-corrected chi connectivity index (χ2v) is 5.75. The van der Waals surface area contributed by atoms with Gasteiger partial charge in [0, 0.05) is 24.6 Å². The average Bonchev–Trinajstić information content (AvgIpc) is 2.88. The van der Waals surface area contributed by atoms with E-state index >= 15 is 0 Å². The van der Waals surface area contributed by atoms with Crippen LogP contribution in [-0.2, 0) is 0 Å². The molecule has 1 aliphatic rings. The summed E-state index contributed by atoms with van der Waals surface area (Å²) < 4.78 is 13.5. The Morgan fingerprint density at radius 3 is 2.74 bits per heavy atom. The summed E-state index contributed by atoms with van der Waals surface area (Å²) in [6.07, 6.45) is 2.50. The molecule has 0 bridgehead atoms. The molecule has 1 aliphatic heterocycles. The highest BCUT2D eigenvalue weighted by Gasteiger charge is 2.17. The summed E-state index contributed by atoms with van der Waals surface area (Å²) in [6.45, 7) is 3.86. The Labute approximate surface area is 121 Å². The molecule has 0 aliphatic carbocycles. The number of carbonyl (C=O) groups excluding carboxylic acids is 1. The number of hydrogen-bond acceptors (Lipinski definition) is 2. The monoisotopic (exact) mass is 328 g/mol. The van der Waals surface area contributed by atoms with Gasteiger partial charge < -0.3 is 9.80 Å². The van der Waals surface area contributed by atoms with Crippen molar-refractivity contribution in [3.05, 3.63) is 34.1 Å². The molecule has 0 aromatic heterocycles. The van der Waals surface area contributed by atoms with E-state index in [4.69, 9.17) is 0 Å². The fourth-order valence-electron chi connectivity index (χ4n) is 2.27. The molecule has 3 nitrogen and oxygen atoms in total. The minimum absolute atomic E-state index is 0.0777. The van der Waals surface area contributed by atoms with E-state index in [1.807, 2.05) is 0 Å². The Morgan fingerprint density at radius 2 is 2.11 bits per heavy atom. The fraction of sp³-hybridized carbons (Fsp3) is 0.500. The van der Waals surface area contributed by atoms with E-state index in [0.29, 0.717) is 16.6 Å². The zero-order valence-electron chi connectivity index (χ0n) is 11.0. The summed E-state index contributed by atoms with van der Waals surface area (Å²) in [4.78, 5) is 16.3. The van der Waals surface area contributed by atoms with Gasteiger partial charge in [-0.2, -0.15) is 0 Å². The number of carbonyl (C=O) groups is 1. The third-order valence-electron chi connectivity index (χ3n) is 3.46. The third kappa shape index (κ3) is 3.76. The number of nitrogens with zero attached hydrogens (tertiary/aromatic N) is 2. The molecule has 104 valence electrons. The van der Waals surface area contributed by atoms with Gasteiger partial charge in [-0.3, -0.25) is 4.79 Å². The SMILES string of the molecule is CN(CCN1CCCC1)C(=O)c1ccc(F)cc1Br. The molecule has 19 heavy (non-hydrogen) atoms. The first kappa shape index (κ1) is 14.5. The number of likely N-dealkylation sites (tertiary alicyclic amines) is 1. The first-order valence-corrected chi connectivity index (χ1v) is 7.30. The smallest absolute Gasteiger partial charge is 0.254 e. The standard InChI is InChI=1S/C14H18BrFN2O/c1-17(8-9-18-6-2-3-7-18)14(19)12-5-4-11(16)10-13(12)15/h4-5,10H,2-3,6-9H2,1H3. The highest BCUT2D eigenvalue weighted by Crippen LogP contribution is 2.19. The molecular weight excluding hydrogens is 311 g/mol. The fourth-order valence-corrected chi connectivity index (χ4v) is 2.79. The first-order valence-electron chi connectivity index (χ1n) is 6.51. The normalized spacial score (nSPS) is 15.7. The summed E-state index contributed by atoms with van der Waals surface area (Å²) in [5, 5.41) is 0. The van der Waals surface area contributed by atoms with Crippen LogP contribution in [0.5, 0.6) is 0 Å². The molecule has 1 heterocycles. The minimum Gasteiger partial charge on any atom is -0.340 e. The molecule has 2 rings (SSSR count). The van der Waals surface area contributed by atoms with Crippen LogP contribution in [0, 0.1) is 5.82 Å². The van der Waals surface area contributed by atoms with Gasteiger partial charge in [-0.15, -0.1) is 0 Å². The largest absolute Gasteiger partial charge is 0.340 e. The van der Waals surface area contributed by atoms with Crippen molar-refractivity contribution in [1.82, 2.24) is 9.80 Å². The van der Waals surface area contributed by atoms with Gasteiger partial charge in [0.1, 0.15) is 5.82 Å². The number of halogens is 2. The van der Waals surface area contributed by atoms with Crippen LogP contribution in [0.3, 0.4) is 0 Å².